The Bertz CT molecular complexity index is 1470. The van der Waals surface area contributed by atoms with Gasteiger partial charge in [-0.2, -0.15) is 0 Å². The third-order valence-corrected chi connectivity index (χ3v) is 5.51. The maximum atomic E-state index is 13.7. The maximum Gasteiger partial charge on any atom is 0.213 e. The molecule has 3 heterocycles. The number of carbonyl (C=O) groups excluding carboxylic acids is 1. The minimum absolute atomic E-state index is 0.136. The minimum Gasteiger partial charge on any atom is -0.359 e. The van der Waals surface area contributed by atoms with E-state index in [1.807, 2.05) is 68.5 Å². The number of pyridine rings is 1. The SMILES string of the molecule is C/C=C(/C(=O)c1nc2[nH]c3ccccc3c2c2nc(NC)[nH]c12)c1ccccc1C. The number of imidazole rings is 1. The molecule has 0 spiro atoms. The predicted octanol–water partition coefficient (Wildman–Crippen LogP) is 5.23. The predicted molar refractivity (Wildman–Crippen MR) is 122 cm³/mol. The van der Waals surface area contributed by atoms with Crippen LogP contribution < -0.4 is 5.32 Å². The fraction of sp³-hybridized carbons (Fsp3) is 0.125. The summed E-state index contributed by atoms with van der Waals surface area (Å²) >= 11 is 0. The Morgan fingerprint density at radius 2 is 1.80 bits per heavy atom. The van der Waals surface area contributed by atoms with Gasteiger partial charge in [0.2, 0.25) is 11.7 Å². The standard InChI is InChI=1S/C24H21N5O/c1-4-14(15-10-6-5-9-13(15)2)22(30)21-20-19(28-24(25-3)29-20)18-16-11-7-8-12-17(16)26-23(18)27-21/h4-12H,1-3H3,(H,26,27)(H2,25,28,29)/b14-4+. The van der Waals surface area contributed by atoms with E-state index < -0.39 is 0 Å². The molecule has 0 bridgehead atoms. The molecule has 30 heavy (non-hydrogen) atoms. The first kappa shape index (κ1) is 18.1. The summed E-state index contributed by atoms with van der Waals surface area (Å²) in [6.07, 6.45) is 1.85. The molecule has 0 aliphatic carbocycles. The summed E-state index contributed by atoms with van der Waals surface area (Å²) < 4.78 is 0. The molecule has 0 radical (unpaired) electrons. The molecule has 3 aromatic heterocycles. The Kier molecular flexibility index (Phi) is 4.13. The van der Waals surface area contributed by atoms with Gasteiger partial charge in [-0.25, -0.2) is 9.97 Å². The lowest BCUT2D eigenvalue weighted by molar-refractivity contribution is 0.105. The average molecular weight is 395 g/mol. The average Bonchev–Trinajstić information content (AvgIpc) is 3.35. The third-order valence-electron chi connectivity index (χ3n) is 5.51. The van der Waals surface area contributed by atoms with Crippen molar-refractivity contribution in [3.05, 3.63) is 71.4 Å². The Hall–Kier alpha value is -3.93. The molecule has 0 saturated heterocycles. The molecule has 0 atom stereocenters. The number of nitrogens with one attached hydrogen (secondary N) is 3. The van der Waals surface area contributed by atoms with Crippen molar-refractivity contribution >= 4 is 50.3 Å². The Morgan fingerprint density at radius 3 is 2.57 bits per heavy atom. The Morgan fingerprint density at radius 1 is 1.03 bits per heavy atom. The van der Waals surface area contributed by atoms with E-state index >= 15 is 0 Å². The number of fused-ring (bicyclic) bond motifs is 5. The number of para-hydroxylation sites is 1. The van der Waals surface area contributed by atoms with Crippen LogP contribution in [0.2, 0.25) is 0 Å². The van der Waals surface area contributed by atoms with E-state index in [4.69, 9.17) is 9.97 Å². The van der Waals surface area contributed by atoms with E-state index in [2.05, 4.69) is 15.3 Å². The van der Waals surface area contributed by atoms with Crippen molar-refractivity contribution < 1.29 is 4.79 Å². The Balaban J connectivity index is 1.82. The summed E-state index contributed by atoms with van der Waals surface area (Å²) in [7, 11) is 1.80. The highest BCUT2D eigenvalue weighted by Crippen LogP contribution is 2.34. The summed E-state index contributed by atoms with van der Waals surface area (Å²) in [5, 5.41) is 4.98. The van der Waals surface area contributed by atoms with Crippen molar-refractivity contribution in [2.75, 3.05) is 12.4 Å². The number of aromatic amines is 2. The highest BCUT2D eigenvalue weighted by molar-refractivity contribution is 6.33. The number of benzene rings is 2. The molecule has 5 aromatic rings. The molecule has 0 aliphatic rings. The van der Waals surface area contributed by atoms with Gasteiger partial charge in [0.1, 0.15) is 16.9 Å². The van der Waals surface area contributed by atoms with Crippen molar-refractivity contribution in [1.29, 1.82) is 0 Å². The van der Waals surface area contributed by atoms with Crippen LogP contribution in [0, 0.1) is 6.92 Å². The van der Waals surface area contributed by atoms with E-state index in [0.29, 0.717) is 28.4 Å². The summed E-state index contributed by atoms with van der Waals surface area (Å²) in [5.41, 5.74) is 5.91. The van der Waals surface area contributed by atoms with Gasteiger partial charge < -0.3 is 15.3 Å². The first-order valence-electron chi connectivity index (χ1n) is 9.87. The van der Waals surface area contributed by atoms with Gasteiger partial charge in [0.25, 0.3) is 0 Å². The number of ketones is 1. The molecule has 0 unspecified atom stereocenters. The normalized spacial score (nSPS) is 12.2. The topological polar surface area (TPSA) is 86.5 Å². The summed E-state index contributed by atoms with van der Waals surface area (Å²) in [6.45, 7) is 3.88. The maximum absolute atomic E-state index is 13.7. The largest absolute Gasteiger partial charge is 0.359 e. The van der Waals surface area contributed by atoms with Gasteiger partial charge in [0, 0.05) is 23.5 Å². The van der Waals surface area contributed by atoms with Crippen LogP contribution >= 0.6 is 0 Å². The van der Waals surface area contributed by atoms with Crippen molar-refractivity contribution in [3.63, 3.8) is 0 Å². The van der Waals surface area contributed by atoms with Crippen LogP contribution in [0.25, 0.3) is 38.5 Å². The number of rotatable bonds is 4. The van der Waals surface area contributed by atoms with Gasteiger partial charge in [-0.3, -0.25) is 4.79 Å². The summed E-state index contributed by atoms with van der Waals surface area (Å²) in [4.78, 5) is 29.7. The van der Waals surface area contributed by atoms with Crippen molar-refractivity contribution in [2.45, 2.75) is 13.8 Å². The van der Waals surface area contributed by atoms with Crippen LogP contribution in [0.4, 0.5) is 5.95 Å². The molecule has 148 valence electrons. The van der Waals surface area contributed by atoms with E-state index in [9.17, 15) is 4.79 Å². The molecule has 6 heteroatoms. The summed E-state index contributed by atoms with van der Waals surface area (Å²) in [6, 6.07) is 15.9. The number of aromatic nitrogens is 4. The van der Waals surface area contributed by atoms with E-state index in [1.54, 1.807) is 7.05 Å². The molecule has 0 amide bonds. The number of carbonyl (C=O) groups is 1. The zero-order chi connectivity index (χ0) is 20.8. The minimum atomic E-state index is -0.136. The molecular formula is C24H21N5O. The second-order valence-corrected chi connectivity index (χ2v) is 7.26. The van der Waals surface area contributed by atoms with Crippen LogP contribution in [0.3, 0.4) is 0 Å². The van der Waals surface area contributed by atoms with Gasteiger partial charge in [-0.1, -0.05) is 48.5 Å². The number of Topliss-reactive ketones (excluding diaryl/α,β-unsaturated/α-hetero) is 1. The number of anilines is 1. The monoisotopic (exact) mass is 395 g/mol. The number of allylic oxidation sites excluding steroid dienone is 2. The molecule has 5 rings (SSSR count). The van der Waals surface area contributed by atoms with Crippen molar-refractivity contribution in [3.8, 4) is 0 Å². The fourth-order valence-corrected chi connectivity index (χ4v) is 4.04. The lowest BCUT2D eigenvalue weighted by atomic mass is 9.95. The van der Waals surface area contributed by atoms with E-state index in [0.717, 1.165) is 32.9 Å². The van der Waals surface area contributed by atoms with Crippen LogP contribution in [-0.4, -0.2) is 32.8 Å². The van der Waals surface area contributed by atoms with Gasteiger partial charge >= 0.3 is 0 Å². The van der Waals surface area contributed by atoms with Crippen molar-refractivity contribution in [2.24, 2.45) is 0 Å². The molecular weight excluding hydrogens is 374 g/mol. The summed E-state index contributed by atoms with van der Waals surface area (Å²) in [5.74, 6) is 0.459. The lowest BCUT2D eigenvalue weighted by Crippen LogP contribution is -2.08. The van der Waals surface area contributed by atoms with Crippen LogP contribution in [0.1, 0.15) is 28.5 Å². The highest BCUT2D eigenvalue weighted by Gasteiger charge is 2.24. The highest BCUT2D eigenvalue weighted by atomic mass is 16.1. The van der Waals surface area contributed by atoms with Crippen LogP contribution in [0.15, 0.2) is 54.6 Å². The van der Waals surface area contributed by atoms with Gasteiger partial charge in [-0.05, 0) is 31.0 Å². The fourth-order valence-electron chi connectivity index (χ4n) is 4.04. The lowest BCUT2D eigenvalue weighted by Gasteiger charge is -2.10. The number of hydrogen-bond acceptors (Lipinski definition) is 4. The Labute approximate surface area is 173 Å². The van der Waals surface area contributed by atoms with Crippen LogP contribution in [0.5, 0.6) is 0 Å². The first-order chi connectivity index (χ1) is 14.6. The third kappa shape index (κ3) is 2.61. The second-order valence-electron chi connectivity index (χ2n) is 7.26. The number of H-pyrrole nitrogens is 2. The first-order valence-corrected chi connectivity index (χ1v) is 9.87. The molecule has 3 N–H and O–H groups in total. The van der Waals surface area contributed by atoms with Crippen molar-refractivity contribution in [1.82, 2.24) is 19.9 Å². The zero-order valence-electron chi connectivity index (χ0n) is 17.0. The van der Waals surface area contributed by atoms with Gasteiger partial charge in [0.05, 0.1) is 10.9 Å². The van der Waals surface area contributed by atoms with Gasteiger partial charge in [-0.15, -0.1) is 0 Å². The molecule has 6 nitrogen and oxygen atoms in total. The zero-order valence-corrected chi connectivity index (χ0v) is 17.0. The number of nitrogens with zero attached hydrogens (tertiary/aromatic N) is 2. The molecule has 0 saturated carbocycles. The van der Waals surface area contributed by atoms with Crippen LogP contribution in [-0.2, 0) is 0 Å². The molecule has 2 aromatic carbocycles. The molecule has 0 aliphatic heterocycles. The van der Waals surface area contributed by atoms with Gasteiger partial charge in [0.15, 0.2) is 0 Å². The number of aryl methyl sites for hydroxylation is 1. The number of hydrogen-bond donors (Lipinski definition) is 3. The molecule has 0 fully saturated rings. The second kappa shape index (κ2) is 6.84. The quantitative estimate of drug-likeness (QED) is 0.287. The van der Waals surface area contributed by atoms with E-state index in [1.165, 1.54) is 0 Å². The smallest absolute Gasteiger partial charge is 0.213 e. The van der Waals surface area contributed by atoms with E-state index in [-0.39, 0.29) is 5.78 Å².